The van der Waals surface area contributed by atoms with Gasteiger partial charge in [-0.05, 0) is 19.3 Å². The van der Waals surface area contributed by atoms with Crippen LogP contribution in [0.4, 0.5) is 0 Å². The monoisotopic (exact) mass is 269 g/mol. The van der Waals surface area contributed by atoms with Crippen LogP contribution in [0.5, 0.6) is 0 Å². The van der Waals surface area contributed by atoms with Crippen LogP contribution in [0.2, 0.25) is 0 Å². The van der Waals surface area contributed by atoms with Gasteiger partial charge in [-0.15, -0.1) is 0 Å². The molecule has 1 amide bonds. The lowest BCUT2D eigenvalue weighted by atomic mass is 9.83. The van der Waals surface area contributed by atoms with Crippen LogP contribution >= 0.6 is 0 Å². The van der Waals surface area contributed by atoms with Crippen LogP contribution in [0, 0.1) is 5.41 Å². The molecule has 1 fully saturated rings. The fourth-order valence-corrected chi connectivity index (χ4v) is 2.91. The maximum Gasteiger partial charge on any atom is 0.311 e. The average molecular weight is 269 g/mol. The summed E-state index contributed by atoms with van der Waals surface area (Å²) in [5, 5.41) is 9.40. The molecule has 0 spiro atoms. The number of likely N-dealkylation sites (tertiary alicyclic amines) is 1. The number of hydrogen-bond acceptors (Lipinski definition) is 2. The molecular weight excluding hydrogens is 242 g/mol. The summed E-state index contributed by atoms with van der Waals surface area (Å²) in [7, 11) is 0. The lowest BCUT2D eigenvalue weighted by Gasteiger charge is -2.24. The number of nitrogens with zero attached hydrogens (tertiary/aromatic N) is 1. The van der Waals surface area contributed by atoms with E-state index in [4.69, 9.17) is 0 Å². The molecule has 1 heterocycles. The highest BCUT2D eigenvalue weighted by molar-refractivity contribution is 5.80. The molecule has 1 aliphatic heterocycles. The van der Waals surface area contributed by atoms with E-state index in [2.05, 4.69) is 6.92 Å². The Morgan fingerprint density at radius 2 is 1.89 bits per heavy atom. The lowest BCUT2D eigenvalue weighted by Crippen LogP contribution is -2.36. The van der Waals surface area contributed by atoms with E-state index >= 15 is 0 Å². The molecule has 4 heteroatoms. The molecule has 19 heavy (non-hydrogen) atoms. The van der Waals surface area contributed by atoms with Crippen LogP contribution in [-0.4, -0.2) is 35.0 Å². The molecule has 1 rings (SSSR count). The van der Waals surface area contributed by atoms with Gasteiger partial charge in [0.15, 0.2) is 0 Å². The van der Waals surface area contributed by atoms with Gasteiger partial charge in [0.1, 0.15) is 0 Å². The summed E-state index contributed by atoms with van der Waals surface area (Å²) >= 11 is 0. The van der Waals surface area contributed by atoms with Gasteiger partial charge in [0.2, 0.25) is 5.91 Å². The zero-order valence-corrected chi connectivity index (χ0v) is 12.3. The largest absolute Gasteiger partial charge is 0.481 e. The Morgan fingerprint density at radius 1 is 1.16 bits per heavy atom. The summed E-state index contributed by atoms with van der Waals surface area (Å²) in [5.74, 6) is -0.606. The van der Waals surface area contributed by atoms with Crippen LogP contribution in [0.15, 0.2) is 0 Å². The molecule has 1 N–H and O–H groups in total. The first kappa shape index (κ1) is 16.0. The number of aliphatic carboxylic acids is 1. The maximum atomic E-state index is 12.1. The first-order valence-electron chi connectivity index (χ1n) is 7.57. The van der Waals surface area contributed by atoms with Gasteiger partial charge in [-0.1, -0.05) is 39.5 Å². The summed E-state index contributed by atoms with van der Waals surface area (Å²) in [5.41, 5.74) is -0.687. The van der Waals surface area contributed by atoms with E-state index in [0.717, 1.165) is 25.7 Å². The topological polar surface area (TPSA) is 57.6 Å². The van der Waals surface area contributed by atoms with E-state index in [1.807, 2.05) is 6.92 Å². The Bertz CT molecular complexity index is 317. The summed E-state index contributed by atoms with van der Waals surface area (Å²) in [6.45, 7) is 5.16. The van der Waals surface area contributed by atoms with E-state index < -0.39 is 11.4 Å². The van der Waals surface area contributed by atoms with E-state index in [0.29, 0.717) is 32.4 Å². The van der Waals surface area contributed by atoms with Crippen molar-refractivity contribution in [2.45, 2.75) is 65.2 Å². The second-order valence-electron chi connectivity index (χ2n) is 5.71. The van der Waals surface area contributed by atoms with Crippen molar-refractivity contribution in [3.8, 4) is 0 Å². The Kier molecular flexibility index (Phi) is 6.32. The third-order valence-corrected chi connectivity index (χ3v) is 4.13. The van der Waals surface area contributed by atoms with Crippen LogP contribution in [0.1, 0.15) is 65.2 Å². The fraction of sp³-hybridized carbons (Fsp3) is 0.867. The normalized spacial score (nSPS) is 22.7. The second kappa shape index (κ2) is 7.51. The summed E-state index contributed by atoms with van der Waals surface area (Å²) in [4.78, 5) is 25.3. The third kappa shape index (κ3) is 4.22. The van der Waals surface area contributed by atoms with Crippen LogP contribution in [0.3, 0.4) is 0 Å². The number of carbonyl (C=O) groups is 2. The highest BCUT2D eigenvalue weighted by Crippen LogP contribution is 2.35. The molecule has 0 saturated carbocycles. The number of rotatable bonds is 8. The molecule has 0 aromatic carbocycles. The van der Waals surface area contributed by atoms with Crippen molar-refractivity contribution in [2.24, 2.45) is 5.41 Å². The van der Waals surface area contributed by atoms with E-state index in [-0.39, 0.29) is 5.91 Å². The van der Waals surface area contributed by atoms with E-state index in [9.17, 15) is 14.7 Å². The molecule has 4 nitrogen and oxygen atoms in total. The molecular formula is C15H27NO3. The van der Waals surface area contributed by atoms with Crippen molar-refractivity contribution in [3.05, 3.63) is 0 Å². The van der Waals surface area contributed by atoms with Crippen LogP contribution in [0.25, 0.3) is 0 Å². The highest BCUT2D eigenvalue weighted by Gasteiger charge is 2.45. The molecule has 0 bridgehead atoms. The lowest BCUT2D eigenvalue weighted by molar-refractivity contribution is -0.149. The van der Waals surface area contributed by atoms with Gasteiger partial charge in [-0.2, -0.15) is 0 Å². The van der Waals surface area contributed by atoms with Crippen molar-refractivity contribution < 1.29 is 14.7 Å². The standard InChI is InChI=1S/C15H27NO3/c1-3-5-6-7-8-13(17)16-11-10-15(12-16,9-4-2)14(18)19/h3-12H2,1-2H3,(H,18,19). The zero-order chi connectivity index (χ0) is 14.3. The first-order valence-corrected chi connectivity index (χ1v) is 7.57. The Labute approximate surface area is 116 Å². The molecule has 1 saturated heterocycles. The Hall–Kier alpha value is -1.06. The second-order valence-corrected chi connectivity index (χ2v) is 5.71. The number of carboxylic acid groups (broad SMARTS) is 1. The molecule has 0 aliphatic carbocycles. The van der Waals surface area contributed by atoms with Gasteiger partial charge in [0.05, 0.1) is 5.41 Å². The number of amides is 1. The van der Waals surface area contributed by atoms with Gasteiger partial charge in [0, 0.05) is 19.5 Å². The predicted molar refractivity (Wildman–Crippen MR) is 74.9 cm³/mol. The van der Waals surface area contributed by atoms with Gasteiger partial charge >= 0.3 is 5.97 Å². The van der Waals surface area contributed by atoms with Crippen molar-refractivity contribution in [2.75, 3.05) is 13.1 Å². The maximum absolute atomic E-state index is 12.1. The summed E-state index contributed by atoms with van der Waals surface area (Å²) in [6.07, 6.45) is 7.05. The van der Waals surface area contributed by atoms with Gasteiger partial charge < -0.3 is 10.0 Å². The number of hydrogen-bond donors (Lipinski definition) is 1. The first-order chi connectivity index (χ1) is 9.05. The molecule has 1 atom stereocenters. The van der Waals surface area contributed by atoms with Gasteiger partial charge in [0.25, 0.3) is 0 Å². The fourth-order valence-electron chi connectivity index (χ4n) is 2.91. The quantitative estimate of drug-likeness (QED) is 0.689. The van der Waals surface area contributed by atoms with Crippen LogP contribution in [-0.2, 0) is 9.59 Å². The molecule has 1 unspecified atom stereocenters. The highest BCUT2D eigenvalue weighted by atomic mass is 16.4. The molecule has 1 aliphatic rings. The number of carboxylic acids is 1. The molecule has 0 aromatic rings. The van der Waals surface area contributed by atoms with Crippen LogP contribution < -0.4 is 0 Å². The predicted octanol–water partition coefficient (Wildman–Crippen LogP) is 3.06. The van der Waals surface area contributed by atoms with Crippen molar-refractivity contribution in [1.82, 2.24) is 4.90 Å². The van der Waals surface area contributed by atoms with Gasteiger partial charge in [-0.25, -0.2) is 0 Å². The van der Waals surface area contributed by atoms with Crippen molar-refractivity contribution in [3.63, 3.8) is 0 Å². The molecule has 0 radical (unpaired) electrons. The van der Waals surface area contributed by atoms with Gasteiger partial charge in [-0.3, -0.25) is 9.59 Å². The minimum Gasteiger partial charge on any atom is -0.481 e. The number of carbonyl (C=O) groups excluding carboxylic acids is 1. The molecule has 0 aromatic heterocycles. The smallest absolute Gasteiger partial charge is 0.311 e. The molecule has 110 valence electrons. The Balaban J connectivity index is 2.45. The summed E-state index contributed by atoms with van der Waals surface area (Å²) in [6, 6.07) is 0. The summed E-state index contributed by atoms with van der Waals surface area (Å²) < 4.78 is 0. The third-order valence-electron chi connectivity index (χ3n) is 4.13. The van der Waals surface area contributed by atoms with Crippen molar-refractivity contribution >= 4 is 11.9 Å². The van der Waals surface area contributed by atoms with E-state index in [1.165, 1.54) is 6.42 Å². The van der Waals surface area contributed by atoms with E-state index in [1.54, 1.807) is 4.90 Å². The SMILES string of the molecule is CCCCCCC(=O)N1CCC(CCC)(C(=O)O)C1. The zero-order valence-electron chi connectivity index (χ0n) is 12.3. The minimum atomic E-state index is -0.740. The average Bonchev–Trinajstić information content (AvgIpc) is 2.81. The minimum absolute atomic E-state index is 0.135. The van der Waals surface area contributed by atoms with Crippen molar-refractivity contribution in [1.29, 1.82) is 0 Å². The Morgan fingerprint density at radius 3 is 2.47 bits per heavy atom. The number of unbranched alkanes of at least 4 members (excludes halogenated alkanes) is 3.